The molecule has 0 aromatic heterocycles. The van der Waals surface area contributed by atoms with Gasteiger partial charge in [0.15, 0.2) is 0 Å². The largest absolute Gasteiger partial charge is 2.00 e. The Balaban J connectivity index is 0.000000765. The Kier molecular flexibility index (Phi) is 16.6. The van der Waals surface area contributed by atoms with Gasteiger partial charge in [0.25, 0.3) is 0 Å². The molecule has 43 heavy (non-hydrogen) atoms. The molecule has 10 radical (unpaired) electrons. The van der Waals surface area contributed by atoms with E-state index in [0.717, 1.165) is 41.4 Å². The van der Waals surface area contributed by atoms with E-state index in [1.54, 1.807) is 12.1 Å². The first-order valence-electron chi connectivity index (χ1n) is 15.3. The topological polar surface area (TPSA) is 35.5 Å². The third kappa shape index (κ3) is 12.5. The standard InChI is InChI=1S/C34H37O3.C5H5.Fe/c1-2-3-4-5-6-7-8-11-26-36-32-22-18-29(19-23-32)30-20-24-33(25-21-30)37-34(35)31-16-14-28(15-17-31)27-12-9-10-13-27;1-2-4-5-3-1;/h9-10,12-25H,2-8,11,26H2,1H3;1-5H;/q;;+2. The van der Waals surface area contributed by atoms with E-state index in [2.05, 4.69) is 19.1 Å². The fraction of sp³-hybridized carbons (Fsp3) is 0.256. The molecule has 3 aromatic carbocycles. The minimum atomic E-state index is -0.361. The SMILES string of the molecule is CCCCCCCCCCOc1ccc(-c2ccc(OC(=O)c3ccc([C]4[CH][CH][CH][CH]4)cc3)cc2)cc1.[CH]1[CH][CH][CH][CH]1.[Fe+2]. The summed E-state index contributed by atoms with van der Waals surface area (Å²) in [4.78, 5) is 12.6. The van der Waals surface area contributed by atoms with Crippen molar-refractivity contribution in [3.63, 3.8) is 0 Å². The maximum Gasteiger partial charge on any atom is 2.00 e. The van der Waals surface area contributed by atoms with Crippen LogP contribution in [-0.4, -0.2) is 12.6 Å². The van der Waals surface area contributed by atoms with Crippen LogP contribution in [-0.2, 0) is 17.1 Å². The van der Waals surface area contributed by atoms with Gasteiger partial charge in [-0.1, -0.05) is 88.3 Å². The molecule has 0 unspecified atom stereocenters. The summed E-state index contributed by atoms with van der Waals surface area (Å²) in [6.45, 7) is 3.03. The summed E-state index contributed by atoms with van der Waals surface area (Å²) in [6, 6.07) is 23.3. The van der Waals surface area contributed by atoms with E-state index in [1.807, 2.05) is 106 Å². The van der Waals surface area contributed by atoms with Gasteiger partial charge in [0, 0.05) is 5.92 Å². The van der Waals surface area contributed by atoms with Crippen LogP contribution < -0.4 is 9.47 Å². The van der Waals surface area contributed by atoms with Crippen LogP contribution in [0.3, 0.4) is 0 Å². The normalized spacial score (nSPS) is 14.4. The molecule has 2 saturated carbocycles. The monoisotopic (exact) mass is 614 g/mol. The molecule has 0 amide bonds. The van der Waals surface area contributed by atoms with Crippen molar-refractivity contribution in [1.29, 1.82) is 0 Å². The molecular weight excluding hydrogens is 572 g/mol. The minimum absolute atomic E-state index is 0. The smallest absolute Gasteiger partial charge is 0.494 e. The molecule has 0 saturated heterocycles. The van der Waals surface area contributed by atoms with Crippen molar-refractivity contribution in [3.8, 4) is 22.6 Å². The van der Waals surface area contributed by atoms with E-state index in [9.17, 15) is 4.79 Å². The van der Waals surface area contributed by atoms with E-state index in [-0.39, 0.29) is 23.0 Å². The van der Waals surface area contributed by atoms with E-state index in [1.165, 1.54) is 44.9 Å². The number of carbonyl (C=O) groups excluding carboxylic acids is 1. The predicted octanol–water partition coefficient (Wildman–Crippen LogP) is 9.86. The fourth-order valence-corrected chi connectivity index (χ4v) is 4.74. The second kappa shape index (κ2) is 20.4. The van der Waals surface area contributed by atoms with Crippen LogP contribution in [0.2, 0.25) is 0 Å². The van der Waals surface area contributed by atoms with Gasteiger partial charge < -0.3 is 9.47 Å². The number of hydrogen-bond acceptors (Lipinski definition) is 3. The summed E-state index contributed by atoms with van der Waals surface area (Å²) < 4.78 is 11.5. The van der Waals surface area contributed by atoms with E-state index in [4.69, 9.17) is 9.47 Å². The zero-order chi connectivity index (χ0) is 29.2. The quantitative estimate of drug-likeness (QED) is 0.0785. The van der Waals surface area contributed by atoms with Crippen molar-refractivity contribution in [3.05, 3.63) is 148 Å². The zero-order valence-electron chi connectivity index (χ0n) is 25.1. The van der Waals surface area contributed by atoms with Gasteiger partial charge in [-0.15, -0.1) is 0 Å². The van der Waals surface area contributed by atoms with E-state index in [0.29, 0.717) is 11.3 Å². The Hall–Kier alpha value is -2.55. The predicted molar refractivity (Wildman–Crippen MR) is 172 cm³/mol. The molecular formula is C39H42FeO3+2. The van der Waals surface area contributed by atoms with Gasteiger partial charge >= 0.3 is 23.0 Å². The molecule has 222 valence electrons. The Bertz CT molecular complexity index is 1140. The van der Waals surface area contributed by atoms with Crippen LogP contribution in [0.25, 0.3) is 11.1 Å². The Labute approximate surface area is 271 Å². The van der Waals surface area contributed by atoms with Gasteiger partial charge in [-0.2, -0.15) is 0 Å². The summed E-state index contributed by atoms with van der Waals surface area (Å²) in [5.41, 5.74) is 3.77. The third-order valence-corrected chi connectivity index (χ3v) is 7.19. The van der Waals surface area contributed by atoms with Gasteiger partial charge in [-0.25, -0.2) is 4.79 Å². The first-order chi connectivity index (χ1) is 20.7. The average molecular weight is 615 g/mol. The molecule has 3 nitrogen and oxygen atoms in total. The third-order valence-electron chi connectivity index (χ3n) is 7.19. The summed E-state index contributed by atoms with van der Waals surface area (Å²) in [5.74, 6) is 2.21. The summed E-state index contributed by atoms with van der Waals surface area (Å²) >= 11 is 0. The first-order valence-corrected chi connectivity index (χ1v) is 15.3. The number of ether oxygens (including phenoxy) is 2. The number of unbranched alkanes of at least 4 members (excludes halogenated alkanes) is 7. The van der Waals surface area contributed by atoms with Crippen molar-refractivity contribution < 1.29 is 31.3 Å². The van der Waals surface area contributed by atoms with E-state index < -0.39 is 0 Å². The second-order valence-corrected chi connectivity index (χ2v) is 10.5. The Morgan fingerprint density at radius 3 is 1.53 bits per heavy atom. The summed E-state index contributed by atoms with van der Waals surface area (Å²) in [7, 11) is 0. The molecule has 5 rings (SSSR count). The van der Waals surface area contributed by atoms with Crippen molar-refractivity contribution in [2.75, 3.05) is 6.61 Å². The van der Waals surface area contributed by atoms with Crippen LogP contribution in [0.4, 0.5) is 0 Å². The molecule has 0 spiro atoms. The summed E-state index contributed by atoms with van der Waals surface area (Å²) in [5, 5.41) is 0. The van der Waals surface area contributed by atoms with Crippen LogP contribution in [0.1, 0.15) is 74.2 Å². The van der Waals surface area contributed by atoms with Gasteiger partial charge in [0.05, 0.1) is 12.2 Å². The van der Waals surface area contributed by atoms with E-state index >= 15 is 0 Å². The van der Waals surface area contributed by atoms with Crippen molar-refractivity contribution >= 4 is 5.97 Å². The Morgan fingerprint density at radius 1 is 0.535 bits per heavy atom. The molecule has 0 N–H and O–H groups in total. The second-order valence-electron chi connectivity index (χ2n) is 10.5. The maximum absolute atomic E-state index is 12.6. The number of benzene rings is 3. The molecule has 4 heteroatoms. The van der Waals surface area contributed by atoms with Gasteiger partial charge in [0.1, 0.15) is 11.5 Å². The molecule has 2 fully saturated rings. The molecule has 3 aromatic rings. The zero-order valence-corrected chi connectivity index (χ0v) is 26.2. The Morgan fingerprint density at radius 2 is 1.00 bits per heavy atom. The van der Waals surface area contributed by atoms with Crippen LogP contribution in [0, 0.1) is 63.7 Å². The van der Waals surface area contributed by atoms with Crippen molar-refractivity contribution in [2.24, 2.45) is 0 Å². The number of rotatable bonds is 14. The molecule has 2 aliphatic rings. The molecule has 0 aliphatic heterocycles. The molecule has 0 atom stereocenters. The fourth-order valence-electron chi connectivity index (χ4n) is 4.74. The number of hydrogen-bond donors (Lipinski definition) is 0. The van der Waals surface area contributed by atoms with Crippen LogP contribution in [0.5, 0.6) is 11.5 Å². The minimum Gasteiger partial charge on any atom is -0.494 e. The van der Waals surface area contributed by atoms with Gasteiger partial charge in [0.2, 0.25) is 0 Å². The van der Waals surface area contributed by atoms with Crippen LogP contribution in [0.15, 0.2) is 72.8 Å². The number of carbonyl (C=O) groups is 1. The van der Waals surface area contributed by atoms with Gasteiger partial charge in [-0.05, 0) is 117 Å². The summed E-state index contributed by atoms with van der Waals surface area (Å²) in [6.07, 6.45) is 28.5. The maximum atomic E-state index is 12.6. The first kappa shape index (κ1) is 34.9. The van der Waals surface area contributed by atoms with Crippen LogP contribution >= 0.6 is 0 Å². The average Bonchev–Trinajstić information content (AvgIpc) is 3.79. The van der Waals surface area contributed by atoms with Gasteiger partial charge in [-0.3, -0.25) is 0 Å². The number of esters is 1. The molecule has 2 aliphatic carbocycles. The van der Waals surface area contributed by atoms with Crippen molar-refractivity contribution in [1.82, 2.24) is 0 Å². The molecule has 0 heterocycles. The molecule has 0 bridgehead atoms. The van der Waals surface area contributed by atoms with Crippen molar-refractivity contribution in [2.45, 2.75) is 58.3 Å².